The van der Waals surface area contributed by atoms with Crippen molar-refractivity contribution < 1.29 is 26.7 Å². The van der Waals surface area contributed by atoms with Gasteiger partial charge < -0.3 is 10.1 Å². The lowest BCUT2D eigenvalue weighted by molar-refractivity contribution is -0.300. The van der Waals surface area contributed by atoms with Gasteiger partial charge in [0.1, 0.15) is 6.61 Å². The van der Waals surface area contributed by atoms with Crippen molar-refractivity contribution in [1.82, 2.24) is 5.32 Å². The Morgan fingerprint density at radius 2 is 1.62 bits per heavy atom. The van der Waals surface area contributed by atoms with Gasteiger partial charge in [-0.05, 0) is 5.56 Å². The molecule has 21 heavy (non-hydrogen) atoms. The van der Waals surface area contributed by atoms with Gasteiger partial charge in [-0.1, -0.05) is 44.2 Å². The third kappa shape index (κ3) is 5.59. The average Bonchev–Trinajstić information content (AvgIpc) is 2.38. The maximum atomic E-state index is 12.9. The van der Waals surface area contributed by atoms with E-state index < -0.39 is 24.8 Å². The third-order valence-electron chi connectivity index (χ3n) is 2.76. The van der Waals surface area contributed by atoms with Crippen LogP contribution in [0, 0.1) is 0 Å². The van der Waals surface area contributed by atoms with Crippen LogP contribution in [0.2, 0.25) is 0 Å². The molecule has 0 aromatic heterocycles. The molecule has 120 valence electrons. The molecule has 0 spiro atoms. The fourth-order valence-electron chi connectivity index (χ4n) is 1.57. The Hall–Kier alpha value is -1.21. The average molecular weight is 311 g/mol. The van der Waals surface area contributed by atoms with E-state index in [-0.39, 0.29) is 12.6 Å². The first-order valence-corrected chi connectivity index (χ1v) is 6.48. The molecule has 1 atom stereocenters. The summed E-state index contributed by atoms with van der Waals surface area (Å²) < 4.78 is 67.2. The molecular weight excluding hydrogens is 293 g/mol. The van der Waals surface area contributed by atoms with Crippen LogP contribution < -0.4 is 5.32 Å². The van der Waals surface area contributed by atoms with Gasteiger partial charge in [0, 0.05) is 12.6 Å². The molecule has 0 bridgehead atoms. The van der Waals surface area contributed by atoms with Crippen LogP contribution in [0.25, 0.3) is 0 Å². The van der Waals surface area contributed by atoms with E-state index in [9.17, 15) is 22.0 Å². The monoisotopic (exact) mass is 311 g/mol. The molecule has 1 aromatic carbocycles. The lowest BCUT2D eigenvalue weighted by Gasteiger charge is -2.25. The normalized spacial score (nSPS) is 14.5. The molecular formula is C14H18F5NO. The van der Waals surface area contributed by atoms with Gasteiger partial charge in [-0.3, -0.25) is 0 Å². The van der Waals surface area contributed by atoms with Crippen LogP contribution in [-0.2, 0) is 4.74 Å². The number of hydrogen-bond donors (Lipinski definition) is 1. The van der Waals surface area contributed by atoms with E-state index in [4.69, 9.17) is 4.74 Å². The largest absolute Gasteiger partial charge is 0.455 e. The minimum Gasteiger partial charge on any atom is -0.366 e. The van der Waals surface area contributed by atoms with Crippen molar-refractivity contribution in [3.63, 3.8) is 0 Å². The predicted molar refractivity (Wildman–Crippen MR) is 69.3 cm³/mol. The molecule has 0 radical (unpaired) electrons. The van der Waals surface area contributed by atoms with Gasteiger partial charge in [0.25, 0.3) is 0 Å². The topological polar surface area (TPSA) is 21.3 Å². The highest BCUT2D eigenvalue weighted by atomic mass is 19.4. The SMILES string of the molecule is CC(C)NCC(OCC(F)(F)C(F)(F)F)c1ccccc1. The summed E-state index contributed by atoms with van der Waals surface area (Å²) in [6.07, 6.45) is -6.48. The van der Waals surface area contributed by atoms with E-state index in [0.717, 1.165) is 0 Å². The standard InChI is InChI=1S/C14H18F5NO/c1-10(2)20-8-12(11-6-4-3-5-7-11)21-9-13(15,16)14(17,18)19/h3-7,10,12,20H,8-9H2,1-2H3. The highest BCUT2D eigenvalue weighted by molar-refractivity contribution is 5.18. The Kier molecular flexibility index (Phi) is 6.10. The van der Waals surface area contributed by atoms with Crippen LogP contribution in [-0.4, -0.2) is 31.3 Å². The molecule has 7 heteroatoms. The highest BCUT2D eigenvalue weighted by Crippen LogP contribution is 2.36. The Morgan fingerprint density at radius 3 is 2.10 bits per heavy atom. The Labute approximate surface area is 120 Å². The van der Waals surface area contributed by atoms with Crippen molar-refractivity contribution in [2.45, 2.75) is 38.1 Å². The lowest BCUT2D eigenvalue weighted by atomic mass is 10.1. The summed E-state index contributed by atoms with van der Waals surface area (Å²) in [4.78, 5) is 0. The summed E-state index contributed by atoms with van der Waals surface area (Å²) in [5, 5.41) is 2.97. The fourth-order valence-corrected chi connectivity index (χ4v) is 1.57. The number of ether oxygens (including phenoxy) is 1. The molecule has 1 rings (SSSR count). The van der Waals surface area contributed by atoms with E-state index in [1.165, 1.54) is 0 Å². The zero-order chi connectivity index (χ0) is 16.1. The van der Waals surface area contributed by atoms with Gasteiger partial charge in [-0.15, -0.1) is 0 Å². The summed E-state index contributed by atoms with van der Waals surface area (Å²) in [6, 6.07) is 8.37. The van der Waals surface area contributed by atoms with Gasteiger partial charge in [0.2, 0.25) is 0 Å². The second-order valence-corrected chi connectivity index (χ2v) is 4.98. The van der Waals surface area contributed by atoms with Crippen molar-refractivity contribution in [3.8, 4) is 0 Å². The summed E-state index contributed by atoms with van der Waals surface area (Å²) in [5.74, 6) is -4.86. The van der Waals surface area contributed by atoms with E-state index in [2.05, 4.69) is 5.32 Å². The zero-order valence-corrected chi connectivity index (χ0v) is 11.8. The van der Waals surface area contributed by atoms with E-state index >= 15 is 0 Å². The third-order valence-corrected chi connectivity index (χ3v) is 2.76. The molecule has 1 aromatic rings. The first kappa shape index (κ1) is 17.8. The molecule has 0 saturated carbocycles. The minimum absolute atomic E-state index is 0.0583. The van der Waals surface area contributed by atoms with Crippen LogP contribution in [0.15, 0.2) is 30.3 Å². The van der Waals surface area contributed by atoms with Crippen molar-refractivity contribution in [2.75, 3.05) is 13.2 Å². The Bertz CT molecular complexity index is 419. The van der Waals surface area contributed by atoms with Gasteiger partial charge in [-0.25, -0.2) is 0 Å². The first-order chi connectivity index (χ1) is 9.63. The van der Waals surface area contributed by atoms with Crippen molar-refractivity contribution in [3.05, 3.63) is 35.9 Å². The van der Waals surface area contributed by atoms with E-state index in [1.54, 1.807) is 30.3 Å². The molecule has 1 N–H and O–H groups in total. The second-order valence-electron chi connectivity index (χ2n) is 4.98. The van der Waals surface area contributed by atoms with Crippen LogP contribution in [0.4, 0.5) is 22.0 Å². The van der Waals surface area contributed by atoms with Gasteiger partial charge >= 0.3 is 12.1 Å². The number of benzene rings is 1. The molecule has 0 amide bonds. The number of alkyl halides is 5. The van der Waals surface area contributed by atoms with Gasteiger partial charge in [0.15, 0.2) is 0 Å². The highest BCUT2D eigenvalue weighted by Gasteiger charge is 2.57. The van der Waals surface area contributed by atoms with Crippen LogP contribution in [0.3, 0.4) is 0 Å². The quantitative estimate of drug-likeness (QED) is 0.770. The maximum absolute atomic E-state index is 12.9. The fraction of sp³-hybridized carbons (Fsp3) is 0.571. The molecule has 0 aliphatic rings. The van der Waals surface area contributed by atoms with E-state index in [1.807, 2.05) is 13.8 Å². The van der Waals surface area contributed by atoms with Gasteiger partial charge in [0.05, 0.1) is 6.10 Å². The Balaban J connectivity index is 2.75. The van der Waals surface area contributed by atoms with Crippen LogP contribution >= 0.6 is 0 Å². The maximum Gasteiger partial charge on any atom is 0.455 e. The summed E-state index contributed by atoms with van der Waals surface area (Å²) in [7, 11) is 0. The minimum atomic E-state index is -5.61. The van der Waals surface area contributed by atoms with Crippen molar-refractivity contribution >= 4 is 0 Å². The molecule has 0 saturated heterocycles. The molecule has 2 nitrogen and oxygen atoms in total. The van der Waals surface area contributed by atoms with Crippen LogP contribution in [0.5, 0.6) is 0 Å². The van der Waals surface area contributed by atoms with Gasteiger partial charge in [-0.2, -0.15) is 22.0 Å². The predicted octanol–water partition coefficient (Wildman–Crippen LogP) is 3.94. The molecule has 0 aliphatic heterocycles. The summed E-state index contributed by atoms with van der Waals surface area (Å²) in [6.45, 7) is 2.13. The smallest absolute Gasteiger partial charge is 0.366 e. The summed E-state index contributed by atoms with van der Waals surface area (Å²) >= 11 is 0. The first-order valence-electron chi connectivity index (χ1n) is 6.48. The van der Waals surface area contributed by atoms with Crippen molar-refractivity contribution in [1.29, 1.82) is 0 Å². The number of nitrogens with one attached hydrogen (secondary N) is 1. The number of rotatable bonds is 7. The van der Waals surface area contributed by atoms with Crippen molar-refractivity contribution in [2.24, 2.45) is 0 Å². The summed E-state index contributed by atoms with van der Waals surface area (Å²) in [5.41, 5.74) is 0.545. The molecule has 0 heterocycles. The van der Waals surface area contributed by atoms with Crippen LogP contribution in [0.1, 0.15) is 25.5 Å². The number of halogens is 5. The van der Waals surface area contributed by atoms with E-state index in [0.29, 0.717) is 5.56 Å². The molecule has 0 aliphatic carbocycles. The lowest BCUT2D eigenvalue weighted by Crippen LogP contribution is -2.42. The molecule has 0 fully saturated rings. The molecule has 1 unspecified atom stereocenters. The Morgan fingerprint density at radius 1 is 1.05 bits per heavy atom. The zero-order valence-electron chi connectivity index (χ0n) is 11.8. The number of hydrogen-bond acceptors (Lipinski definition) is 2. The second kappa shape index (κ2) is 7.17.